The monoisotopic (exact) mass is 391 g/mol. The van der Waals surface area contributed by atoms with Gasteiger partial charge in [-0.1, -0.05) is 36.4 Å². The maximum atomic E-state index is 14.1. The van der Waals surface area contributed by atoms with Gasteiger partial charge in [-0.25, -0.2) is 4.39 Å². The van der Waals surface area contributed by atoms with E-state index in [9.17, 15) is 14.0 Å². The number of rotatable bonds is 7. The second-order valence-corrected chi connectivity index (χ2v) is 6.23. The summed E-state index contributed by atoms with van der Waals surface area (Å²) in [7, 11) is 0. The highest BCUT2D eigenvalue weighted by Gasteiger charge is 2.20. The molecule has 0 radical (unpaired) electrons. The molecule has 29 heavy (non-hydrogen) atoms. The SMILES string of the molecule is N#CCCN(C(=O)COC(=O)Cc1cccc2cccnc12)c1ccccc1F. The lowest BCUT2D eigenvalue weighted by Gasteiger charge is -2.22. The van der Waals surface area contributed by atoms with Crippen molar-refractivity contribution in [2.75, 3.05) is 18.1 Å². The summed E-state index contributed by atoms with van der Waals surface area (Å²) >= 11 is 0. The zero-order valence-electron chi connectivity index (χ0n) is 15.5. The van der Waals surface area contributed by atoms with E-state index in [0.29, 0.717) is 11.1 Å². The van der Waals surface area contributed by atoms with Gasteiger partial charge < -0.3 is 9.64 Å². The molecule has 0 aliphatic heterocycles. The molecule has 2 aromatic carbocycles. The number of anilines is 1. The Bertz CT molecular complexity index is 1070. The first-order chi connectivity index (χ1) is 14.1. The summed E-state index contributed by atoms with van der Waals surface area (Å²) in [5, 5.41) is 9.71. The molecular formula is C22H18FN3O3. The van der Waals surface area contributed by atoms with Crippen molar-refractivity contribution in [3.63, 3.8) is 0 Å². The van der Waals surface area contributed by atoms with Gasteiger partial charge in [0.05, 0.1) is 30.1 Å². The Hall–Kier alpha value is -3.79. The number of nitrogens with zero attached hydrogens (tertiary/aromatic N) is 3. The van der Waals surface area contributed by atoms with Crippen molar-refractivity contribution < 1.29 is 18.7 Å². The lowest BCUT2D eigenvalue weighted by atomic mass is 10.1. The summed E-state index contributed by atoms with van der Waals surface area (Å²) in [6, 6.07) is 16.9. The largest absolute Gasteiger partial charge is 0.455 e. The van der Waals surface area contributed by atoms with Gasteiger partial charge in [0.2, 0.25) is 0 Å². The van der Waals surface area contributed by atoms with E-state index in [0.717, 1.165) is 10.3 Å². The van der Waals surface area contributed by atoms with Crippen LogP contribution in [0.15, 0.2) is 60.8 Å². The summed E-state index contributed by atoms with van der Waals surface area (Å²) in [4.78, 5) is 30.2. The molecule has 1 heterocycles. The van der Waals surface area contributed by atoms with E-state index in [1.807, 2.05) is 30.3 Å². The predicted octanol–water partition coefficient (Wildman–Crippen LogP) is 3.41. The zero-order chi connectivity index (χ0) is 20.6. The number of ether oxygens (including phenoxy) is 1. The molecule has 1 amide bonds. The summed E-state index contributed by atoms with van der Waals surface area (Å²) in [5.74, 6) is -1.79. The summed E-state index contributed by atoms with van der Waals surface area (Å²) in [5.41, 5.74) is 1.43. The van der Waals surface area contributed by atoms with Gasteiger partial charge in [-0.05, 0) is 23.8 Å². The van der Waals surface area contributed by atoms with Crippen molar-refractivity contribution in [3.8, 4) is 6.07 Å². The maximum Gasteiger partial charge on any atom is 0.310 e. The Kier molecular flexibility index (Phi) is 6.48. The van der Waals surface area contributed by atoms with Gasteiger partial charge in [0.25, 0.3) is 5.91 Å². The van der Waals surface area contributed by atoms with Crippen LogP contribution in [0.4, 0.5) is 10.1 Å². The van der Waals surface area contributed by atoms with Crippen LogP contribution in [0.2, 0.25) is 0 Å². The molecular weight excluding hydrogens is 373 g/mol. The number of nitriles is 1. The molecule has 0 spiro atoms. The van der Waals surface area contributed by atoms with Crippen LogP contribution in [-0.4, -0.2) is 30.0 Å². The Labute approximate surface area is 167 Å². The molecule has 6 nitrogen and oxygen atoms in total. The van der Waals surface area contributed by atoms with Gasteiger partial charge in [-0.3, -0.25) is 14.6 Å². The molecule has 0 atom stereocenters. The Balaban J connectivity index is 1.67. The number of aromatic nitrogens is 1. The molecule has 3 aromatic rings. The molecule has 3 rings (SSSR count). The Morgan fingerprint density at radius 3 is 2.69 bits per heavy atom. The van der Waals surface area contributed by atoms with Crippen LogP contribution in [0, 0.1) is 17.1 Å². The Morgan fingerprint density at radius 1 is 1.10 bits per heavy atom. The normalized spacial score (nSPS) is 10.3. The fraction of sp³-hybridized carbons (Fsp3) is 0.182. The molecule has 1 aromatic heterocycles. The molecule has 0 N–H and O–H groups in total. The van der Waals surface area contributed by atoms with E-state index in [1.54, 1.807) is 18.3 Å². The van der Waals surface area contributed by atoms with Gasteiger partial charge in [-0.2, -0.15) is 5.26 Å². The fourth-order valence-corrected chi connectivity index (χ4v) is 2.95. The van der Waals surface area contributed by atoms with Crippen LogP contribution < -0.4 is 4.90 Å². The number of amides is 1. The average molecular weight is 391 g/mol. The third-order valence-electron chi connectivity index (χ3n) is 4.30. The van der Waals surface area contributed by atoms with Crippen molar-refractivity contribution in [1.82, 2.24) is 4.98 Å². The van der Waals surface area contributed by atoms with E-state index < -0.39 is 24.3 Å². The van der Waals surface area contributed by atoms with Crippen molar-refractivity contribution in [3.05, 3.63) is 72.2 Å². The summed E-state index contributed by atoms with van der Waals surface area (Å²) < 4.78 is 19.2. The molecule has 0 saturated carbocycles. The van der Waals surface area contributed by atoms with Gasteiger partial charge in [0.15, 0.2) is 6.61 Å². The standard InChI is InChI=1S/C22H18FN3O3/c23-18-9-1-2-10-19(18)26(13-5-11-24)20(27)15-29-21(28)14-17-7-3-6-16-8-4-12-25-22(16)17/h1-4,6-10,12H,5,13-15H2. The van der Waals surface area contributed by atoms with E-state index in [-0.39, 0.29) is 25.1 Å². The molecule has 146 valence electrons. The fourth-order valence-electron chi connectivity index (χ4n) is 2.95. The van der Waals surface area contributed by atoms with Crippen LogP contribution >= 0.6 is 0 Å². The zero-order valence-corrected chi connectivity index (χ0v) is 15.5. The maximum absolute atomic E-state index is 14.1. The summed E-state index contributed by atoms with van der Waals surface area (Å²) in [6.45, 7) is -0.544. The van der Waals surface area contributed by atoms with Crippen molar-refractivity contribution in [2.45, 2.75) is 12.8 Å². The van der Waals surface area contributed by atoms with E-state index >= 15 is 0 Å². The van der Waals surface area contributed by atoms with Crippen molar-refractivity contribution in [2.24, 2.45) is 0 Å². The van der Waals surface area contributed by atoms with E-state index in [4.69, 9.17) is 10.00 Å². The first-order valence-corrected chi connectivity index (χ1v) is 9.00. The third-order valence-corrected chi connectivity index (χ3v) is 4.30. The third kappa shape index (κ3) is 4.93. The minimum atomic E-state index is -0.602. The number of hydrogen-bond donors (Lipinski definition) is 0. The second-order valence-electron chi connectivity index (χ2n) is 6.23. The highest BCUT2D eigenvalue weighted by Crippen LogP contribution is 2.20. The topological polar surface area (TPSA) is 83.3 Å². The minimum Gasteiger partial charge on any atom is -0.455 e. The first kappa shape index (κ1) is 20.0. The number of esters is 1. The highest BCUT2D eigenvalue weighted by atomic mass is 19.1. The second kappa shape index (κ2) is 9.42. The first-order valence-electron chi connectivity index (χ1n) is 9.00. The molecule has 0 fully saturated rings. The molecule has 0 aliphatic rings. The van der Waals surface area contributed by atoms with Gasteiger partial charge in [0.1, 0.15) is 5.82 Å². The molecule has 0 unspecified atom stereocenters. The van der Waals surface area contributed by atoms with E-state index in [2.05, 4.69) is 4.98 Å². The highest BCUT2D eigenvalue weighted by molar-refractivity contribution is 5.95. The van der Waals surface area contributed by atoms with Crippen LogP contribution in [0.5, 0.6) is 0 Å². The number of carbonyl (C=O) groups excluding carboxylic acids is 2. The quantitative estimate of drug-likeness (QED) is 0.577. The number of halogens is 1. The van der Waals surface area contributed by atoms with Crippen LogP contribution in [0.25, 0.3) is 10.9 Å². The van der Waals surface area contributed by atoms with Gasteiger partial charge in [-0.15, -0.1) is 0 Å². The molecule has 0 bridgehead atoms. The lowest BCUT2D eigenvalue weighted by molar-refractivity contribution is -0.147. The van der Waals surface area contributed by atoms with Crippen LogP contribution in [-0.2, 0) is 20.7 Å². The summed E-state index contributed by atoms with van der Waals surface area (Å²) in [6.07, 6.45) is 1.62. The smallest absolute Gasteiger partial charge is 0.310 e. The number of benzene rings is 2. The van der Waals surface area contributed by atoms with Crippen molar-refractivity contribution >= 4 is 28.5 Å². The number of hydrogen-bond acceptors (Lipinski definition) is 5. The number of fused-ring (bicyclic) bond motifs is 1. The number of carbonyl (C=O) groups is 2. The minimum absolute atomic E-state index is 0.00105. The lowest BCUT2D eigenvalue weighted by Crippen LogP contribution is -2.36. The molecule has 0 aliphatic carbocycles. The van der Waals surface area contributed by atoms with Crippen LogP contribution in [0.1, 0.15) is 12.0 Å². The average Bonchev–Trinajstić information content (AvgIpc) is 2.74. The predicted molar refractivity (Wildman–Crippen MR) is 105 cm³/mol. The Morgan fingerprint density at radius 2 is 1.90 bits per heavy atom. The van der Waals surface area contributed by atoms with Crippen LogP contribution in [0.3, 0.4) is 0 Å². The van der Waals surface area contributed by atoms with Gasteiger partial charge in [0, 0.05) is 18.1 Å². The van der Waals surface area contributed by atoms with E-state index in [1.165, 1.54) is 18.2 Å². The van der Waals surface area contributed by atoms with Crippen molar-refractivity contribution in [1.29, 1.82) is 5.26 Å². The molecule has 0 saturated heterocycles. The molecule has 7 heteroatoms. The number of pyridine rings is 1. The number of para-hydroxylation sites is 2. The van der Waals surface area contributed by atoms with Gasteiger partial charge >= 0.3 is 5.97 Å².